The van der Waals surface area contributed by atoms with Gasteiger partial charge in [-0.1, -0.05) is 6.08 Å². The monoisotopic (exact) mass is 219 g/mol. The minimum absolute atomic E-state index is 0.281. The Bertz CT molecular complexity index is 225. The van der Waals surface area contributed by atoms with Gasteiger partial charge < -0.3 is 25.6 Å². The van der Waals surface area contributed by atoms with Crippen LogP contribution in [0.3, 0.4) is 0 Å². The van der Waals surface area contributed by atoms with E-state index < -0.39 is 37.0 Å². The molecule has 0 unspecified atom stereocenters. The smallest absolute Gasteiger partial charge is 0.102 e. The second-order valence-electron chi connectivity index (χ2n) is 3.69. The molecule has 0 aliphatic carbocycles. The van der Waals surface area contributed by atoms with E-state index in [1.165, 1.54) is 6.08 Å². The van der Waals surface area contributed by atoms with E-state index >= 15 is 0 Å². The highest BCUT2D eigenvalue weighted by atomic mass is 16.5. The maximum Gasteiger partial charge on any atom is 0.102 e. The highest BCUT2D eigenvalue weighted by Gasteiger charge is 2.49. The van der Waals surface area contributed by atoms with Crippen LogP contribution in [0.25, 0.3) is 0 Å². The third-order valence-corrected chi connectivity index (χ3v) is 2.73. The molecule has 1 rings (SSSR count). The van der Waals surface area contributed by atoms with Crippen LogP contribution in [0.15, 0.2) is 12.7 Å². The largest absolute Gasteiger partial charge is 0.394 e. The summed E-state index contributed by atoms with van der Waals surface area (Å²) in [7, 11) is 0. The van der Waals surface area contributed by atoms with Gasteiger partial charge in [-0.3, -0.25) is 0 Å². The summed E-state index contributed by atoms with van der Waals surface area (Å²) in [5.41, 5.74) is 0. The molecule has 1 saturated heterocycles. The quantitative estimate of drug-likeness (QED) is 0.353. The molecule has 0 radical (unpaired) electrons. The molecule has 5 atom stereocenters. The predicted molar refractivity (Wildman–Crippen MR) is 51.1 cm³/mol. The zero-order valence-electron chi connectivity index (χ0n) is 8.27. The van der Waals surface area contributed by atoms with Crippen molar-refractivity contribution in [2.45, 2.75) is 36.8 Å². The Morgan fingerprint density at radius 2 is 1.93 bits per heavy atom. The van der Waals surface area contributed by atoms with Crippen molar-refractivity contribution < 1.29 is 25.6 Å². The Labute approximate surface area is 87.6 Å². The molecular weight excluding hydrogens is 202 g/mol. The third-order valence-electron chi connectivity index (χ3n) is 2.73. The van der Waals surface area contributed by atoms with Gasteiger partial charge in [-0.15, -0.1) is 6.58 Å². The van der Waals surface area contributed by atoms with Crippen molar-refractivity contribution in [2.75, 3.05) is 6.61 Å². The van der Waals surface area contributed by atoms with E-state index in [-0.39, 0.29) is 6.42 Å². The molecule has 5 N–H and O–H groups in total. The van der Waals surface area contributed by atoms with Crippen molar-refractivity contribution in [1.29, 1.82) is 0 Å². The standard InChI is InChI=1S/C9H17NO5/c1-2-3-5-8(13)9(14)7(10(5)15)6(12)4-11/h2,5-9,11-15H,1,3-4H2/t5-,6+,7+,8-,9-/m1/s1. The topological polar surface area (TPSA) is 104 Å². The van der Waals surface area contributed by atoms with E-state index in [0.29, 0.717) is 5.06 Å². The molecule has 15 heavy (non-hydrogen) atoms. The molecule has 88 valence electrons. The summed E-state index contributed by atoms with van der Waals surface area (Å²) in [5, 5.41) is 47.5. The van der Waals surface area contributed by atoms with E-state index in [2.05, 4.69) is 6.58 Å². The van der Waals surface area contributed by atoms with Gasteiger partial charge in [0.2, 0.25) is 0 Å². The SMILES string of the molecule is C=CC[C@@H]1[C@@H](O)[C@H](O)[C@H]([C@@H](O)CO)N1O. The molecule has 0 bridgehead atoms. The summed E-state index contributed by atoms with van der Waals surface area (Å²) in [5.74, 6) is 0. The van der Waals surface area contributed by atoms with Gasteiger partial charge in [0.25, 0.3) is 0 Å². The molecule has 0 aromatic carbocycles. The summed E-state index contributed by atoms with van der Waals surface area (Å²) in [6.45, 7) is 2.87. The molecule has 0 amide bonds. The molecule has 1 aliphatic heterocycles. The fourth-order valence-corrected chi connectivity index (χ4v) is 1.89. The fraction of sp³-hybridized carbons (Fsp3) is 0.778. The van der Waals surface area contributed by atoms with Crippen molar-refractivity contribution in [3.05, 3.63) is 12.7 Å². The zero-order valence-corrected chi connectivity index (χ0v) is 8.27. The van der Waals surface area contributed by atoms with Gasteiger partial charge in [0.1, 0.15) is 6.10 Å². The summed E-state index contributed by atoms with van der Waals surface area (Å²) < 4.78 is 0. The fourth-order valence-electron chi connectivity index (χ4n) is 1.89. The number of hydrogen-bond donors (Lipinski definition) is 5. The van der Waals surface area contributed by atoms with Crippen LogP contribution in [0.5, 0.6) is 0 Å². The van der Waals surface area contributed by atoms with Gasteiger partial charge in [0, 0.05) is 0 Å². The average Bonchev–Trinajstić information content (AvgIpc) is 2.42. The summed E-state index contributed by atoms with van der Waals surface area (Å²) in [6.07, 6.45) is -1.98. The first-order valence-corrected chi connectivity index (χ1v) is 4.77. The second kappa shape index (κ2) is 5.02. The molecule has 0 aromatic rings. The zero-order chi connectivity index (χ0) is 11.6. The minimum Gasteiger partial charge on any atom is -0.394 e. The van der Waals surface area contributed by atoms with Crippen molar-refractivity contribution >= 4 is 0 Å². The number of aliphatic hydroxyl groups excluding tert-OH is 4. The van der Waals surface area contributed by atoms with Crippen LogP contribution in [0.2, 0.25) is 0 Å². The number of rotatable bonds is 4. The lowest BCUT2D eigenvalue weighted by molar-refractivity contribution is -0.174. The van der Waals surface area contributed by atoms with Crippen LogP contribution >= 0.6 is 0 Å². The summed E-state index contributed by atoms with van der Waals surface area (Å²) in [6, 6.07) is -1.78. The summed E-state index contributed by atoms with van der Waals surface area (Å²) in [4.78, 5) is 0. The molecule has 1 fully saturated rings. The van der Waals surface area contributed by atoms with E-state index in [1.807, 2.05) is 0 Å². The van der Waals surface area contributed by atoms with E-state index in [1.54, 1.807) is 0 Å². The van der Waals surface area contributed by atoms with Crippen molar-refractivity contribution in [2.24, 2.45) is 0 Å². The van der Waals surface area contributed by atoms with E-state index in [4.69, 9.17) is 5.11 Å². The molecule has 0 spiro atoms. The Morgan fingerprint density at radius 3 is 2.40 bits per heavy atom. The van der Waals surface area contributed by atoms with Crippen LogP contribution in [-0.2, 0) is 0 Å². The van der Waals surface area contributed by atoms with Gasteiger partial charge in [0.05, 0.1) is 30.9 Å². The van der Waals surface area contributed by atoms with Gasteiger partial charge in [-0.25, -0.2) is 0 Å². The maximum atomic E-state index is 9.62. The lowest BCUT2D eigenvalue weighted by Gasteiger charge is -2.26. The second-order valence-corrected chi connectivity index (χ2v) is 3.69. The van der Waals surface area contributed by atoms with Crippen LogP contribution in [-0.4, -0.2) is 67.7 Å². The highest BCUT2D eigenvalue weighted by molar-refractivity contribution is 5.01. The third kappa shape index (κ3) is 2.20. The molecule has 6 heteroatoms. The van der Waals surface area contributed by atoms with Crippen molar-refractivity contribution in [3.63, 3.8) is 0 Å². The van der Waals surface area contributed by atoms with Gasteiger partial charge in [-0.2, -0.15) is 5.06 Å². The molecule has 6 nitrogen and oxygen atoms in total. The van der Waals surface area contributed by atoms with Crippen molar-refractivity contribution in [3.8, 4) is 0 Å². The van der Waals surface area contributed by atoms with E-state index in [0.717, 1.165) is 0 Å². The van der Waals surface area contributed by atoms with Crippen LogP contribution in [0.4, 0.5) is 0 Å². The summed E-state index contributed by atoms with van der Waals surface area (Å²) >= 11 is 0. The number of nitrogens with zero attached hydrogens (tertiary/aromatic N) is 1. The lowest BCUT2D eigenvalue weighted by Crippen LogP contribution is -2.46. The number of aliphatic hydroxyl groups is 4. The predicted octanol–water partition coefficient (Wildman–Crippen LogP) is -1.92. The highest BCUT2D eigenvalue weighted by Crippen LogP contribution is 2.27. The Balaban J connectivity index is 2.79. The normalized spacial score (nSPS) is 39.3. The molecule has 0 aromatic heterocycles. The maximum absolute atomic E-state index is 9.62. The molecule has 1 aliphatic rings. The van der Waals surface area contributed by atoms with Gasteiger partial charge in [-0.05, 0) is 6.42 Å². The van der Waals surface area contributed by atoms with Gasteiger partial charge >= 0.3 is 0 Å². The van der Waals surface area contributed by atoms with Crippen molar-refractivity contribution in [1.82, 2.24) is 5.06 Å². The average molecular weight is 219 g/mol. The molecule has 0 saturated carbocycles. The first-order chi connectivity index (χ1) is 7.04. The lowest BCUT2D eigenvalue weighted by atomic mass is 10.0. The Hall–Kier alpha value is -0.500. The Morgan fingerprint density at radius 1 is 1.33 bits per heavy atom. The van der Waals surface area contributed by atoms with Crippen LogP contribution in [0, 0.1) is 0 Å². The minimum atomic E-state index is -1.30. The van der Waals surface area contributed by atoms with Crippen LogP contribution in [0.1, 0.15) is 6.42 Å². The molecule has 1 heterocycles. The number of hydroxylamine groups is 2. The molecular formula is C9H17NO5. The number of hydrogen-bond acceptors (Lipinski definition) is 6. The van der Waals surface area contributed by atoms with E-state index in [9.17, 15) is 20.5 Å². The Kier molecular flexibility index (Phi) is 4.21. The first-order valence-electron chi connectivity index (χ1n) is 4.77. The van der Waals surface area contributed by atoms with Gasteiger partial charge in [0.15, 0.2) is 0 Å². The first kappa shape index (κ1) is 12.6. The van der Waals surface area contributed by atoms with Crippen LogP contribution < -0.4 is 0 Å².